The van der Waals surface area contributed by atoms with Gasteiger partial charge < -0.3 is 5.32 Å². The Morgan fingerprint density at radius 1 is 1.15 bits per heavy atom. The lowest BCUT2D eigenvalue weighted by Gasteiger charge is -2.37. The number of hydrogen-bond acceptors (Lipinski definition) is 2. The molecule has 1 N–H and O–H groups in total. The molecular weight excluding hydrogens is 262 g/mol. The fraction of sp³-hybridized carbons (Fsp3) is 0.667. The van der Waals surface area contributed by atoms with Crippen LogP contribution in [0.15, 0.2) is 29.2 Å². The summed E-state index contributed by atoms with van der Waals surface area (Å²) in [5, 5.41) is 3.73. The van der Waals surface area contributed by atoms with Crippen LogP contribution in [0.2, 0.25) is 0 Å². The molecule has 4 atom stereocenters. The van der Waals surface area contributed by atoms with Crippen molar-refractivity contribution in [3.63, 3.8) is 0 Å². The topological polar surface area (TPSA) is 12.0 Å². The molecule has 0 aromatic heterocycles. The highest BCUT2D eigenvalue weighted by Gasteiger charge is 2.30. The molecule has 4 unspecified atom stereocenters. The third-order valence-electron chi connectivity index (χ3n) is 5.01. The van der Waals surface area contributed by atoms with E-state index in [9.17, 15) is 0 Å². The Morgan fingerprint density at radius 2 is 1.85 bits per heavy atom. The molecule has 1 aromatic carbocycles. The summed E-state index contributed by atoms with van der Waals surface area (Å²) < 4.78 is 0. The second-order valence-electron chi connectivity index (χ2n) is 6.34. The third kappa shape index (κ3) is 3.79. The van der Waals surface area contributed by atoms with E-state index in [0.717, 1.165) is 24.3 Å². The quantitative estimate of drug-likeness (QED) is 0.755. The number of nitrogens with one attached hydrogen (secondary N) is 1. The van der Waals surface area contributed by atoms with E-state index in [0.29, 0.717) is 6.04 Å². The molecule has 0 aliphatic heterocycles. The average molecular weight is 292 g/mol. The highest BCUT2D eigenvalue weighted by Crippen LogP contribution is 2.40. The smallest absolute Gasteiger partial charge is 0.0348 e. The molecule has 1 aromatic rings. The lowest BCUT2D eigenvalue weighted by Crippen LogP contribution is -2.33. The highest BCUT2D eigenvalue weighted by atomic mass is 32.2. The zero-order chi connectivity index (χ0) is 14.5. The summed E-state index contributed by atoms with van der Waals surface area (Å²) in [4.78, 5) is 1.36. The summed E-state index contributed by atoms with van der Waals surface area (Å²) in [6, 6.07) is 9.70. The van der Waals surface area contributed by atoms with Crippen LogP contribution in [-0.4, -0.2) is 12.8 Å². The zero-order valence-electron chi connectivity index (χ0n) is 13.4. The molecule has 0 saturated heterocycles. The van der Waals surface area contributed by atoms with Crippen molar-refractivity contribution >= 4 is 11.8 Å². The minimum Gasteiger partial charge on any atom is -0.310 e. The lowest BCUT2D eigenvalue weighted by molar-refractivity contribution is 0.172. The second kappa shape index (κ2) is 7.51. The average Bonchev–Trinajstić information content (AvgIpc) is 2.48. The molecule has 2 heteroatoms. The maximum absolute atomic E-state index is 3.73. The molecule has 0 radical (unpaired) electrons. The van der Waals surface area contributed by atoms with Gasteiger partial charge in [0.15, 0.2) is 0 Å². The summed E-state index contributed by atoms with van der Waals surface area (Å²) >= 11 is 1.82. The standard InChI is InChI=1S/C18H29NS/c1-5-19-18(15-8-10-17(20-4)11-9-15)16-7-6-13(2)14(3)12-16/h8-11,13-14,16,18-19H,5-7,12H2,1-4H3. The SMILES string of the molecule is CCNC(c1ccc(SC)cc1)C1CCC(C)C(C)C1. The molecule has 0 spiro atoms. The van der Waals surface area contributed by atoms with Crippen molar-refractivity contribution in [1.82, 2.24) is 5.32 Å². The maximum atomic E-state index is 3.73. The molecule has 0 bridgehead atoms. The summed E-state index contributed by atoms with van der Waals surface area (Å²) in [7, 11) is 0. The van der Waals surface area contributed by atoms with Crippen LogP contribution in [0.5, 0.6) is 0 Å². The van der Waals surface area contributed by atoms with Crippen LogP contribution in [0.25, 0.3) is 0 Å². The van der Waals surface area contributed by atoms with E-state index in [1.54, 1.807) is 0 Å². The van der Waals surface area contributed by atoms with Crippen molar-refractivity contribution in [1.29, 1.82) is 0 Å². The van der Waals surface area contributed by atoms with Crippen molar-refractivity contribution < 1.29 is 0 Å². The molecule has 20 heavy (non-hydrogen) atoms. The first-order chi connectivity index (χ1) is 9.65. The van der Waals surface area contributed by atoms with Gasteiger partial charge in [0.2, 0.25) is 0 Å². The van der Waals surface area contributed by atoms with E-state index < -0.39 is 0 Å². The Balaban J connectivity index is 2.13. The van der Waals surface area contributed by atoms with Crippen LogP contribution < -0.4 is 5.32 Å². The molecule has 112 valence electrons. The van der Waals surface area contributed by atoms with Crippen LogP contribution in [0.3, 0.4) is 0 Å². The van der Waals surface area contributed by atoms with Gasteiger partial charge in [-0.15, -0.1) is 11.8 Å². The number of rotatable bonds is 5. The predicted molar refractivity (Wildman–Crippen MR) is 90.3 cm³/mol. The van der Waals surface area contributed by atoms with Gasteiger partial charge in [-0.2, -0.15) is 0 Å². The lowest BCUT2D eigenvalue weighted by atomic mass is 9.72. The van der Waals surface area contributed by atoms with E-state index in [-0.39, 0.29) is 0 Å². The molecule has 1 nitrogen and oxygen atoms in total. The van der Waals surface area contributed by atoms with Gasteiger partial charge in [-0.1, -0.05) is 39.3 Å². The summed E-state index contributed by atoms with van der Waals surface area (Å²) in [5.74, 6) is 2.55. The molecule has 0 amide bonds. The van der Waals surface area contributed by atoms with E-state index in [4.69, 9.17) is 0 Å². The fourth-order valence-electron chi connectivity index (χ4n) is 3.48. The van der Waals surface area contributed by atoms with Crippen molar-refractivity contribution in [2.24, 2.45) is 17.8 Å². The maximum Gasteiger partial charge on any atom is 0.0348 e. The summed E-state index contributed by atoms with van der Waals surface area (Å²) in [6.07, 6.45) is 6.26. The van der Waals surface area contributed by atoms with Gasteiger partial charge in [-0.25, -0.2) is 0 Å². The minimum absolute atomic E-state index is 0.533. The Morgan fingerprint density at radius 3 is 2.40 bits per heavy atom. The fourth-order valence-corrected chi connectivity index (χ4v) is 3.89. The normalized spacial score (nSPS) is 28.3. The van der Waals surface area contributed by atoms with E-state index in [2.05, 4.69) is 56.6 Å². The third-order valence-corrected chi connectivity index (χ3v) is 5.75. The second-order valence-corrected chi connectivity index (χ2v) is 7.22. The zero-order valence-corrected chi connectivity index (χ0v) is 14.2. The first kappa shape index (κ1) is 15.9. The number of benzene rings is 1. The molecule has 1 saturated carbocycles. The van der Waals surface area contributed by atoms with E-state index >= 15 is 0 Å². The van der Waals surface area contributed by atoms with Crippen LogP contribution in [0.4, 0.5) is 0 Å². The van der Waals surface area contributed by atoms with Crippen LogP contribution >= 0.6 is 11.8 Å². The molecular formula is C18H29NS. The van der Waals surface area contributed by atoms with Gasteiger partial charge in [0.05, 0.1) is 0 Å². The first-order valence-corrected chi connectivity index (χ1v) is 9.25. The largest absolute Gasteiger partial charge is 0.310 e. The Kier molecular flexibility index (Phi) is 5.98. The number of thioether (sulfide) groups is 1. The van der Waals surface area contributed by atoms with Gasteiger partial charge in [0, 0.05) is 10.9 Å². The van der Waals surface area contributed by atoms with Crippen molar-refractivity contribution in [2.45, 2.75) is 51.0 Å². The van der Waals surface area contributed by atoms with E-state index in [1.807, 2.05) is 11.8 Å². The summed E-state index contributed by atoms with van der Waals surface area (Å²) in [6.45, 7) is 8.11. The highest BCUT2D eigenvalue weighted by molar-refractivity contribution is 7.98. The number of hydrogen-bond donors (Lipinski definition) is 1. The van der Waals surface area contributed by atoms with Gasteiger partial charge in [0.25, 0.3) is 0 Å². The van der Waals surface area contributed by atoms with Gasteiger partial charge in [-0.05, 0) is 61.1 Å². The molecule has 2 rings (SSSR count). The van der Waals surface area contributed by atoms with Gasteiger partial charge in [-0.3, -0.25) is 0 Å². The monoisotopic (exact) mass is 291 g/mol. The van der Waals surface area contributed by atoms with Crippen molar-refractivity contribution in [3.05, 3.63) is 29.8 Å². The minimum atomic E-state index is 0.533. The molecule has 1 aliphatic carbocycles. The Labute approximate surface area is 128 Å². The van der Waals surface area contributed by atoms with Crippen molar-refractivity contribution in [2.75, 3.05) is 12.8 Å². The predicted octanol–water partition coefficient (Wildman–Crippen LogP) is 5.13. The summed E-state index contributed by atoms with van der Waals surface area (Å²) in [5.41, 5.74) is 1.47. The first-order valence-electron chi connectivity index (χ1n) is 8.03. The molecule has 1 fully saturated rings. The van der Waals surface area contributed by atoms with Crippen LogP contribution in [0, 0.1) is 17.8 Å². The van der Waals surface area contributed by atoms with Crippen LogP contribution in [0.1, 0.15) is 51.6 Å². The van der Waals surface area contributed by atoms with Gasteiger partial charge in [0.1, 0.15) is 0 Å². The molecule has 0 heterocycles. The Bertz CT molecular complexity index is 400. The van der Waals surface area contributed by atoms with Crippen LogP contribution in [-0.2, 0) is 0 Å². The van der Waals surface area contributed by atoms with Gasteiger partial charge >= 0.3 is 0 Å². The molecule has 1 aliphatic rings. The van der Waals surface area contributed by atoms with E-state index in [1.165, 1.54) is 29.7 Å². The Hall–Kier alpha value is -0.470. The van der Waals surface area contributed by atoms with Crippen molar-refractivity contribution in [3.8, 4) is 0 Å².